The zero-order valence-corrected chi connectivity index (χ0v) is 7.48. The first-order chi connectivity index (χ1) is 5.83. The number of hydrogen-bond acceptors (Lipinski definition) is 3. The summed E-state index contributed by atoms with van der Waals surface area (Å²) in [5.74, 6) is 0. The lowest BCUT2D eigenvalue weighted by Crippen LogP contribution is -2.28. The SMILES string of the molecule is CCONC(=O)Nc1cccs1. The molecule has 0 aliphatic rings. The Bertz CT molecular complexity index is 236. The Morgan fingerprint density at radius 3 is 3.17 bits per heavy atom. The van der Waals surface area contributed by atoms with Crippen LogP contribution in [0.15, 0.2) is 17.5 Å². The van der Waals surface area contributed by atoms with Gasteiger partial charge in [-0.15, -0.1) is 11.3 Å². The van der Waals surface area contributed by atoms with Crippen LogP contribution in [0.2, 0.25) is 0 Å². The molecule has 0 bridgehead atoms. The van der Waals surface area contributed by atoms with Crippen molar-refractivity contribution >= 4 is 22.4 Å². The molecule has 0 fully saturated rings. The highest BCUT2D eigenvalue weighted by Crippen LogP contribution is 2.14. The minimum atomic E-state index is -0.348. The molecule has 2 N–H and O–H groups in total. The van der Waals surface area contributed by atoms with Crippen molar-refractivity contribution in [3.8, 4) is 0 Å². The van der Waals surface area contributed by atoms with Gasteiger partial charge in [0, 0.05) is 0 Å². The third kappa shape index (κ3) is 2.89. The number of rotatable bonds is 3. The fourth-order valence-corrected chi connectivity index (χ4v) is 1.24. The van der Waals surface area contributed by atoms with Crippen LogP contribution in [0.4, 0.5) is 9.80 Å². The Hall–Kier alpha value is -1.07. The van der Waals surface area contributed by atoms with Crippen molar-refractivity contribution < 1.29 is 9.63 Å². The lowest BCUT2D eigenvalue weighted by molar-refractivity contribution is 0.0759. The van der Waals surface area contributed by atoms with E-state index < -0.39 is 0 Å². The van der Waals surface area contributed by atoms with Crippen LogP contribution in [-0.2, 0) is 4.84 Å². The molecule has 1 aromatic rings. The van der Waals surface area contributed by atoms with Crippen molar-refractivity contribution in [2.24, 2.45) is 0 Å². The van der Waals surface area contributed by atoms with Crippen LogP contribution in [0.1, 0.15) is 6.92 Å². The minimum absolute atomic E-state index is 0.348. The standard InChI is InChI=1S/C7H10N2O2S/c1-2-11-9-7(10)8-6-4-3-5-12-6/h3-5H,2H2,1H3,(H2,8,9,10). The van der Waals surface area contributed by atoms with Gasteiger partial charge in [-0.25, -0.2) is 10.3 Å². The molecular formula is C7H10N2O2S. The largest absolute Gasteiger partial charge is 0.343 e. The van der Waals surface area contributed by atoms with Gasteiger partial charge in [0.1, 0.15) is 0 Å². The molecule has 0 aromatic carbocycles. The maximum absolute atomic E-state index is 10.9. The summed E-state index contributed by atoms with van der Waals surface area (Å²) in [7, 11) is 0. The van der Waals surface area contributed by atoms with Gasteiger partial charge >= 0.3 is 6.03 Å². The molecule has 1 heterocycles. The van der Waals surface area contributed by atoms with Crippen LogP contribution >= 0.6 is 11.3 Å². The van der Waals surface area contributed by atoms with E-state index in [0.29, 0.717) is 6.61 Å². The quantitative estimate of drug-likeness (QED) is 0.707. The Morgan fingerprint density at radius 1 is 1.75 bits per heavy atom. The lowest BCUT2D eigenvalue weighted by atomic mass is 10.6. The van der Waals surface area contributed by atoms with Gasteiger partial charge in [-0.05, 0) is 24.4 Å². The number of urea groups is 1. The van der Waals surface area contributed by atoms with Crippen LogP contribution in [0, 0.1) is 0 Å². The van der Waals surface area contributed by atoms with Gasteiger partial charge in [0.25, 0.3) is 0 Å². The molecule has 0 saturated carbocycles. The molecule has 0 saturated heterocycles. The van der Waals surface area contributed by atoms with Crippen molar-refractivity contribution in [1.82, 2.24) is 5.48 Å². The highest BCUT2D eigenvalue weighted by atomic mass is 32.1. The third-order valence-electron chi connectivity index (χ3n) is 1.07. The molecule has 4 nitrogen and oxygen atoms in total. The summed E-state index contributed by atoms with van der Waals surface area (Å²) in [6.07, 6.45) is 0. The van der Waals surface area contributed by atoms with Gasteiger partial charge in [-0.1, -0.05) is 0 Å². The van der Waals surface area contributed by atoms with E-state index in [1.54, 1.807) is 6.92 Å². The minimum Gasteiger partial charge on any atom is -0.298 e. The molecule has 1 aromatic heterocycles. The van der Waals surface area contributed by atoms with E-state index in [0.717, 1.165) is 5.00 Å². The first-order valence-electron chi connectivity index (χ1n) is 3.55. The summed E-state index contributed by atoms with van der Waals surface area (Å²) >= 11 is 1.46. The van der Waals surface area contributed by atoms with Crippen molar-refractivity contribution in [3.63, 3.8) is 0 Å². The second-order valence-corrected chi connectivity index (χ2v) is 2.91. The summed E-state index contributed by atoms with van der Waals surface area (Å²) < 4.78 is 0. The normalized spacial score (nSPS) is 9.42. The number of carbonyl (C=O) groups is 1. The lowest BCUT2D eigenvalue weighted by Gasteiger charge is -2.03. The second kappa shape index (κ2) is 4.74. The van der Waals surface area contributed by atoms with Crippen molar-refractivity contribution in [1.29, 1.82) is 0 Å². The van der Waals surface area contributed by atoms with E-state index >= 15 is 0 Å². The van der Waals surface area contributed by atoms with Crippen LogP contribution in [0.25, 0.3) is 0 Å². The summed E-state index contributed by atoms with van der Waals surface area (Å²) in [5.41, 5.74) is 2.23. The second-order valence-electron chi connectivity index (χ2n) is 1.97. The molecule has 12 heavy (non-hydrogen) atoms. The summed E-state index contributed by atoms with van der Waals surface area (Å²) in [6.45, 7) is 2.25. The Balaban J connectivity index is 2.27. The van der Waals surface area contributed by atoms with Gasteiger partial charge in [0.05, 0.1) is 11.6 Å². The molecular weight excluding hydrogens is 176 g/mol. The highest BCUT2D eigenvalue weighted by Gasteiger charge is 1.99. The van der Waals surface area contributed by atoms with Crippen LogP contribution in [0.3, 0.4) is 0 Å². The molecule has 5 heteroatoms. The van der Waals surface area contributed by atoms with Crippen LogP contribution in [0.5, 0.6) is 0 Å². The number of anilines is 1. The molecule has 1 rings (SSSR count). The molecule has 0 atom stereocenters. The van der Waals surface area contributed by atoms with E-state index in [1.165, 1.54) is 11.3 Å². The smallest absolute Gasteiger partial charge is 0.298 e. The number of carbonyl (C=O) groups excluding carboxylic acids is 1. The van der Waals surface area contributed by atoms with E-state index in [1.807, 2.05) is 17.5 Å². The molecule has 0 aliphatic heterocycles. The Labute approximate surface area is 74.5 Å². The predicted octanol–water partition coefficient (Wildman–Crippen LogP) is 1.82. The molecule has 0 aliphatic carbocycles. The topological polar surface area (TPSA) is 50.4 Å². The van der Waals surface area contributed by atoms with E-state index in [4.69, 9.17) is 0 Å². The molecule has 0 spiro atoms. The summed E-state index contributed by atoms with van der Waals surface area (Å²) in [5, 5.41) is 5.28. The van der Waals surface area contributed by atoms with Gasteiger partial charge in [0.15, 0.2) is 0 Å². The summed E-state index contributed by atoms with van der Waals surface area (Å²) in [4.78, 5) is 15.6. The zero-order chi connectivity index (χ0) is 8.81. The van der Waals surface area contributed by atoms with Crippen LogP contribution < -0.4 is 10.8 Å². The van der Waals surface area contributed by atoms with Crippen molar-refractivity contribution in [2.75, 3.05) is 11.9 Å². The van der Waals surface area contributed by atoms with Crippen molar-refractivity contribution in [3.05, 3.63) is 17.5 Å². The molecule has 2 amide bonds. The fraction of sp³-hybridized carbons (Fsp3) is 0.286. The maximum atomic E-state index is 10.9. The monoisotopic (exact) mass is 186 g/mol. The molecule has 66 valence electrons. The van der Waals surface area contributed by atoms with E-state index in [2.05, 4.69) is 15.6 Å². The zero-order valence-electron chi connectivity index (χ0n) is 6.66. The average Bonchev–Trinajstić information content (AvgIpc) is 2.53. The van der Waals surface area contributed by atoms with Gasteiger partial charge < -0.3 is 0 Å². The number of nitrogens with one attached hydrogen (secondary N) is 2. The maximum Gasteiger partial charge on any atom is 0.343 e. The summed E-state index contributed by atoms with van der Waals surface area (Å²) in [6, 6.07) is 3.33. The number of hydrogen-bond donors (Lipinski definition) is 2. The van der Waals surface area contributed by atoms with Gasteiger partial charge in [-0.3, -0.25) is 10.2 Å². The fourth-order valence-electron chi connectivity index (χ4n) is 0.625. The third-order valence-corrected chi connectivity index (χ3v) is 1.85. The predicted molar refractivity (Wildman–Crippen MR) is 48.1 cm³/mol. The van der Waals surface area contributed by atoms with E-state index in [9.17, 15) is 4.79 Å². The van der Waals surface area contributed by atoms with E-state index in [-0.39, 0.29) is 6.03 Å². The number of amides is 2. The number of hydroxylamine groups is 1. The Kier molecular flexibility index (Phi) is 3.56. The van der Waals surface area contributed by atoms with Crippen molar-refractivity contribution in [2.45, 2.75) is 6.92 Å². The average molecular weight is 186 g/mol. The highest BCUT2D eigenvalue weighted by molar-refractivity contribution is 7.14. The molecule has 0 radical (unpaired) electrons. The molecule has 0 unspecified atom stereocenters. The Morgan fingerprint density at radius 2 is 2.58 bits per heavy atom. The first-order valence-corrected chi connectivity index (χ1v) is 4.43. The first kappa shape index (κ1) is 9.02. The van der Waals surface area contributed by atoms with Gasteiger partial charge in [-0.2, -0.15) is 0 Å². The van der Waals surface area contributed by atoms with Crippen LogP contribution in [-0.4, -0.2) is 12.6 Å². The van der Waals surface area contributed by atoms with Gasteiger partial charge in [0.2, 0.25) is 0 Å². The number of thiophene rings is 1.